The number of hydrogen-bond acceptors (Lipinski definition) is 2. The van der Waals surface area contributed by atoms with Crippen molar-refractivity contribution in [3.8, 4) is 0 Å². The highest BCUT2D eigenvalue weighted by Crippen LogP contribution is 2.27. The summed E-state index contributed by atoms with van der Waals surface area (Å²) in [4.78, 5) is 14.1. The van der Waals surface area contributed by atoms with Crippen molar-refractivity contribution < 1.29 is 4.79 Å². The number of rotatable bonds is 2. The van der Waals surface area contributed by atoms with Crippen molar-refractivity contribution in [2.45, 2.75) is 38.6 Å². The molecule has 17 heavy (non-hydrogen) atoms. The lowest BCUT2D eigenvalue weighted by Crippen LogP contribution is -2.39. The van der Waals surface area contributed by atoms with Crippen molar-refractivity contribution >= 4 is 5.91 Å². The average molecular weight is 235 g/mol. The van der Waals surface area contributed by atoms with E-state index < -0.39 is 0 Å². The molecule has 0 spiro atoms. The van der Waals surface area contributed by atoms with Gasteiger partial charge in [-0.15, -0.1) is 0 Å². The van der Waals surface area contributed by atoms with E-state index in [1.807, 2.05) is 19.0 Å². The van der Waals surface area contributed by atoms with Gasteiger partial charge in [0.15, 0.2) is 0 Å². The highest BCUT2D eigenvalue weighted by Gasteiger charge is 2.25. The SMILES string of the molecule is CC1CCC(N(C)C(=O)c2cnn(C)c2)CC1. The summed E-state index contributed by atoms with van der Waals surface area (Å²) >= 11 is 0. The Kier molecular flexibility index (Phi) is 3.50. The van der Waals surface area contributed by atoms with Gasteiger partial charge in [0, 0.05) is 26.3 Å². The second-order valence-electron chi connectivity index (χ2n) is 5.23. The van der Waals surface area contributed by atoms with Crippen LogP contribution in [0.15, 0.2) is 12.4 Å². The topological polar surface area (TPSA) is 38.1 Å². The second-order valence-corrected chi connectivity index (χ2v) is 5.23. The molecule has 0 aromatic carbocycles. The van der Waals surface area contributed by atoms with Gasteiger partial charge in [0.25, 0.3) is 5.91 Å². The van der Waals surface area contributed by atoms with E-state index in [1.165, 1.54) is 12.8 Å². The molecule has 1 aliphatic rings. The molecule has 0 unspecified atom stereocenters. The van der Waals surface area contributed by atoms with Crippen LogP contribution in [0.1, 0.15) is 43.0 Å². The molecule has 1 heterocycles. The van der Waals surface area contributed by atoms with Gasteiger partial charge < -0.3 is 4.90 Å². The largest absolute Gasteiger partial charge is 0.339 e. The minimum Gasteiger partial charge on any atom is -0.339 e. The van der Waals surface area contributed by atoms with Gasteiger partial charge in [0.2, 0.25) is 0 Å². The van der Waals surface area contributed by atoms with Gasteiger partial charge in [-0.25, -0.2) is 0 Å². The molecule has 0 aliphatic heterocycles. The van der Waals surface area contributed by atoms with Crippen LogP contribution in [0.4, 0.5) is 0 Å². The Balaban J connectivity index is 2.00. The summed E-state index contributed by atoms with van der Waals surface area (Å²) in [5.41, 5.74) is 0.689. The summed E-state index contributed by atoms with van der Waals surface area (Å²) in [6.45, 7) is 2.29. The number of carbonyl (C=O) groups excluding carboxylic acids is 1. The van der Waals surface area contributed by atoms with Crippen LogP contribution in [0.2, 0.25) is 0 Å². The van der Waals surface area contributed by atoms with E-state index in [0.717, 1.165) is 18.8 Å². The maximum absolute atomic E-state index is 12.2. The predicted molar refractivity (Wildman–Crippen MR) is 66.7 cm³/mol. The maximum atomic E-state index is 12.2. The number of aromatic nitrogens is 2. The minimum absolute atomic E-state index is 0.0950. The third-order valence-electron chi connectivity index (χ3n) is 3.81. The van der Waals surface area contributed by atoms with Gasteiger partial charge in [-0.05, 0) is 31.6 Å². The monoisotopic (exact) mass is 235 g/mol. The number of nitrogens with zero attached hydrogens (tertiary/aromatic N) is 3. The summed E-state index contributed by atoms with van der Waals surface area (Å²) in [5.74, 6) is 0.908. The third-order valence-corrected chi connectivity index (χ3v) is 3.81. The van der Waals surface area contributed by atoms with E-state index in [9.17, 15) is 4.79 Å². The first-order chi connectivity index (χ1) is 8.08. The van der Waals surface area contributed by atoms with Gasteiger partial charge in [-0.1, -0.05) is 6.92 Å². The highest BCUT2D eigenvalue weighted by atomic mass is 16.2. The van der Waals surface area contributed by atoms with Crippen LogP contribution in [-0.4, -0.2) is 33.7 Å². The van der Waals surface area contributed by atoms with Crippen LogP contribution in [-0.2, 0) is 7.05 Å². The summed E-state index contributed by atoms with van der Waals surface area (Å²) in [6, 6.07) is 0.402. The Morgan fingerprint density at radius 3 is 2.59 bits per heavy atom. The first-order valence-corrected chi connectivity index (χ1v) is 6.33. The van der Waals surface area contributed by atoms with E-state index in [4.69, 9.17) is 0 Å². The van der Waals surface area contributed by atoms with Gasteiger partial charge in [0.05, 0.1) is 11.8 Å². The highest BCUT2D eigenvalue weighted by molar-refractivity contribution is 5.93. The van der Waals surface area contributed by atoms with Crippen LogP contribution in [0, 0.1) is 5.92 Å². The van der Waals surface area contributed by atoms with Gasteiger partial charge in [-0.3, -0.25) is 9.48 Å². The van der Waals surface area contributed by atoms with Crippen LogP contribution in [0.3, 0.4) is 0 Å². The molecule has 0 radical (unpaired) electrons. The standard InChI is InChI=1S/C13H21N3O/c1-10-4-6-12(7-5-10)16(3)13(17)11-8-14-15(2)9-11/h8-10,12H,4-7H2,1-3H3. The van der Waals surface area contributed by atoms with E-state index in [-0.39, 0.29) is 5.91 Å². The van der Waals surface area contributed by atoms with Crippen molar-refractivity contribution in [2.75, 3.05) is 7.05 Å². The molecule has 1 fully saturated rings. The van der Waals surface area contributed by atoms with Gasteiger partial charge in [-0.2, -0.15) is 5.10 Å². The fourth-order valence-electron chi connectivity index (χ4n) is 2.53. The molecule has 4 heteroatoms. The summed E-state index contributed by atoms with van der Waals surface area (Å²) < 4.78 is 1.67. The zero-order valence-electron chi connectivity index (χ0n) is 10.9. The van der Waals surface area contributed by atoms with Gasteiger partial charge >= 0.3 is 0 Å². The fourth-order valence-corrected chi connectivity index (χ4v) is 2.53. The normalized spacial score (nSPS) is 24.6. The molecule has 1 aromatic heterocycles. The van der Waals surface area contributed by atoms with Crippen LogP contribution in [0.5, 0.6) is 0 Å². The smallest absolute Gasteiger partial charge is 0.257 e. The summed E-state index contributed by atoms with van der Waals surface area (Å²) in [5, 5.41) is 4.05. The molecule has 1 amide bonds. The van der Waals surface area contributed by atoms with Crippen molar-refractivity contribution in [1.29, 1.82) is 0 Å². The van der Waals surface area contributed by atoms with E-state index in [2.05, 4.69) is 12.0 Å². The molecule has 4 nitrogen and oxygen atoms in total. The lowest BCUT2D eigenvalue weighted by Gasteiger charge is -2.33. The lowest BCUT2D eigenvalue weighted by atomic mass is 9.86. The second kappa shape index (κ2) is 4.90. The molecular formula is C13H21N3O. The Bertz CT molecular complexity index is 391. The molecule has 0 atom stereocenters. The summed E-state index contributed by atoms with van der Waals surface area (Å²) in [7, 11) is 3.75. The molecular weight excluding hydrogens is 214 g/mol. The fraction of sp³-hybridized carbons (Fsp3) is 0.692. The van der Waals surface area contributed by atoms with Crippen molar-refractivity contribution in [3.05, 3.63) is 18.0 Å². The molecule has 0 saturated heterocycles. The number of amides is 1. The zero-order valence-corrected chi connectivity index (χ0v) is 10.9. The quantitative estimate of drug-likeness (QED) is 0.787. The average Bonchev–Trinajstić information content (AvgIpc) is 2.75. The molecule has 2 rings (SSSR count). The first-order valence-electron chi connectivity index (χ1n) is 6.33. The molecule has 1 aliphatic carbocycles. The first kappa shape index (κ1) is 12.1. The minimum atomic E-state index is 0.0950. The number of hydrogen-bond donors (Lipinski definition) is 0. The lowest BCUT2D eigenvalue weighted by molar-refractivity contribution is 0.0679. The van der Waals surface area contributed by atoms with E-state index in [1.54, 1.807) is 17.1 Å². The Morgan fingerprint density at radius 1 is 1.41 bits per heavy atom. The number of carbonyl (C=O) groups is 1. The Morgan fingerprint density at radius 2 is 2.06 bits per heavy atom. The van der Waals surface area contributed by atoms with Crippen LogP contribution >= 0.6 is 0 Å². The predicted octanol–water partition coefficient (Wildman–Crippen LogP) is 2.07. The Labute approximate surface area is 103 Å². The van der Waals surface area contributed by atoms with E-state index >= 15 is 0 Å². The molecule has 0 bridgehead atoms. The van der Waals surface area contributed by atoms with Crippen LogP contribution < -0.4 is 0 Å². The van der Waals surface area contributed by atoms with Crippen LogP contribution in [0.25, 0.3) is 0 Å². The third kappa shape index (κ3) is 2.68. The van der Waals surface area contributed by atoms with Crippen molar-refractivity contribution in [3.63, 3.8) is 0 Å². The van der Waals surface area contributed by atoms with Crippen molar-refractivity contribution in [2.24, 2.45) is 13.0 Å². The summed E-state index contributed by atoms with van der Waals surface area (Å²) in [6.07, 6.45) is 8.15. The zero-order chi connectivity index (χ0) is 12.4. The maximum Gasteiger partial charge on any atom is 0.257 e. The molecule has 94 valence electrons. The van der Waals surface area contributed by atoms with Crippen molar-refractivity contribution in [1.82, 2.24) is 14.7 Å². The molecule has 1 aromatic rings. The van der Waals surface area contributed by atoms with Gasteiger partial charge in [0.1, 0.15) is 0 Å². The number of aryl methyl sites for hydroxylation is 1. The molecule has 1 saturated carbocycles. The Hall–Kier alpha value is -1.32. The molecule has 0 N–H and O–H groups in total. The van der Waals surface area contributed by atoms with E-state index in [0.29, 0.717) is 11.6 Å².